The molecule has 150 valence electrons. The fraction of sp³-hybridized carbons (Fsp3) is 0.952. The highest BCUT2D eigenvalue weighted by atomic mass is 16.2. The van der Waals surface area contributed by atoms with Crippen LogP contribution in [0, 0.1) is 28.6 Å². The Bertz CT molecular complexity index is 514. The summed E-state index contributed by atoms with van der Waals surface area (Å²) in [5.41, 5.74) is 6.94. The predicted molar refractivity (Wildman–Crippen MR) is 107 cm³/mol. The van der Waals surface area contributed by atoms with E-state index in [0.29, 0.717) is 28.6 Å². The van der Waals surface area contributed by atoms with Crippen molar-refractivity contribution in [3.05, 3.63) is 0 Å². The Morgan fingerprint density at radius 1 is 1.15 bits per heavy atom. The average Bonchev–Trinajstić information content (AvgIpc) is 2.57. The molecule has 2 aliphatic carbocycles. The summed E-state index contributed by atoms with van der Waals surface area (Å²) >= 11 is 0. The highest BCUT2D eigenvalue weighted by Gasteiger charge is 2.56. The summed E-state index contributed by atoms with van der Waals surface area (Å²) in [6.45, 7) is 14.0. The minimum atomic E-state index is 0.128. The van der Waals surface area contributed by atoms with Crippen LogP contribution in [0.15, 0.2) is 0 Å². The molecule has 3 rings (SSSR count). The smallest absolute Gasteiger partial charge is 0.317 e. The summed E-state index contributed by atoms with van der Waals surface area (Å²) in [6.07, 6.45) is 4.98. The van der Waals surface area contributed by atoms with Gasteiger partial charge in [-0.3, -0.25) is 0 Å². The largest absolute Gasteiger partial charge is 0.335 e. The van der Waals surface area contributed by atoms with Crippen LogP contribution in [0.3, 0.4) is 0 Å². The first-order chi connectivity index (χ1) is 12.2. The normalized spacial score (nSPS) is 40.8. The van der Waals surface area contributed by atoms with Crippen LogP contribution in [0.5, 0.6) is 0 Å². The summed E-state index contributed by atoms with van der Waals surface area (Å²) in [6, 6.07) is 0.370. The van der Waals surface area contributed by atoms with Crippen molar-refractivity contribution in [3.63, 3.8) is 0 Å². The first kappa shape index (κ1) is 19.9. The highest BCUT2D eigenvalue weighted by molar-refractivity contribution is 5.74. The highest BCUT2D eigenvalue weighted by Crippen LogP contribution is 2.60. The average molecular weight is 365 g/mol. The third kappa shape index (κ3) is 3.49. The summed E-state index contributed by atoms with van der Waals surface area (Å²) in [5.74, 6) is 1.55. The molecule has 3 N–H and O–H groups in total. The maximum absolute atomic E-state index is 12.9. The quantitative estimate of drug-likeness (QED) is 0.792. The lowest BCUT2D eigenvalue weighted by molar-refractivity contribution is -0.101. The fourth-order valence-electron chi connectivity index (χ4n) is 6.48. The Labute approximate surface area is 160 Å². The predicted octanol–water partition coefficient (Wildman–Crippen LogP) is 2.76. The molecule has 0 bridgehead atoms. The first-order valence-corrected chi connectivity index (χ1v) is 10.6. The van der Waals surface area contributed by atoms with Crippen LogP contribution in [0.25, 0.3) is 0 Å². The monoisotopic (exact) mass is 364 g/mol. The topological polar surface area (TPSA) is 61.6 Å². The third-order valence-electron chi connectivity index (χ3n) is 8.24. The van der Waals surface area contributed by atoms with E-state index in [0.717, 1.165) is 39.1 Å². The van der Waals surface area contributed by atoms with Gasteiger partial charge in [-0.2, -0.15) is 0 Å². The molecule has 1 saturated heterocycles. The van der Waals surface area contributed by atoms with Gasteiger partial charge in [-0.1, -0.05) is 34.1 Å². The fourth-order valence-corrected chi connectivity index (χ4v) is 6.48. The SMILES string of the molecule is C[C@H]1C(CN)[C@@]2(C)CCCC(C)(C)C2C[C@H]1NC(=O)N1CCN(C)CC1. The molecular weight excluding hydrogens is 324 g/mol. The maximum Gasteiger partial charge on any atom is 0.317 e. The van der Waals surface area contributed by atoms with Crippen LogP contribution in [0.2, 0.25) is 0 Å². The van der Waals surface area contributed by atoms with Crippen LogP contribution in [0.1, 0.15) is 53.4 Å². The van der Waals surface area contributed by atoms with E-state index >= 15 is 0 Å². The second-order valence-electron chi connectivity index (χ2n) is 10.2. The van der Waals surface area contributed by atoms with Gasteiger partial charge in [-0.25, -0.2) is 4.79 Å². The zero-order valence-electron chi connectivity index (χ0n) is 17.6. The molecule has 2 unspecified atom stereocenters. The van der Waals surface area contributed by atoms with E-state index in [1.165, 1.54) is 19.3 Å². The van der Waals surface area contributed by atoms with E-state index in [1.54, 1.807) is 0 Å². The standard InChI is InChI=1S/C21H40N4O/c1-15-16(14-22)21(4)8-6-7-20(2,3)18(21)13-17(15)23-19(26)25-11-9-24(5)10-12-25/h15-18H,6-14,22H2,1-5H3,(H,23,26)/t15-,16?,17+,18?,21+/m0/s1. The van der Waals surface area contributed by atoms with E-state index < -0.39 is 0 Å². The number of nitrogens with zero attached hydrogens (tertiary/aromatic N) is 2. The van der Waals surface area contributed by atoms with Crippen molar-refractivity contribution in [3.8, 4) is 0 Å². The van der Waals surface area contributed by atoms with Crippen LogP contribution in [0.4, 0.5) is 4.79 Å². The van der Waals surface area contributed by atoms with Crippen LogP contribution in [-0.2, 0) is 0 Å². The Balaban J connectivity index is 1.75. The molecule has 26 heavy (non-hydrogen) atoms. The number of amides is 2. The van der Waals surface area contributed by atoms with Crippen molar-refractivity contribution in [2.75, 3.05) is 39.8 Å². The molecular formula is C21H40N4O. The minimum absolute atomic E-state index is 0.128. The van der Waals surface area contributed by atoms with Crippen molar-refractivity contribution < 1.29 is 4.79 Å². The van der Waals surface area contributed by atoms with Gasteiger partial charge in [0.2, 0.25) is 0 Å². The van der Waals surface area contributed by atoms with Gasteiger partial charge in [0, 0.05) is 32.2 Å². The number of nitrogens with one attached hydrogen (secondary N) is 1. The second kappa shape index (κ2) is 7.31. The molecule has 0 aromatic carbocycles. The Morgan fingerprint density at radius 2 is 1.81 bits per heavy atom. The number of rotatable bonds is 2. The van der Waals surface area contributed by atoms with Crippen LogP contribution >= 0.6 is 0 Å². The van der Waals surface area contributed by atoms with Crippen molar-refractivity contribution in [2.45, 2.75) is 59.4 Å². The van der Waals surface area contributed by atoms with Gasteiger partial charge >= 0.3 is 6.03 Å². The lowest BCUT2D eigenvalue weighted by Gasteiger charge is -2.61. The Morgan fingerprint density at radius 3 is 2.42 bits per heavy atom. The van der Waals surface area contributed by atoms with Gasteiger partial charge in [0.25, 0.3) is 0 Å². The number of hydrogen-bond acceptors (Lipinski definition) is 3. The number of carbonyl (C=O) groups is 1. The summed E-state index contributed by atoms with van der Waals surface area (Å²) in [4.78, 5) is 17.2. The molecule has 0 radical (unpaired) electrons. The maximum atomic E-state index is 12.9. The van der Waals surface area contributed by atoms with Crippen molar-refractivity contribution >= 4 is 6.03 Å². The van der Waals surface area contributed by atoms with Crippen LogP contribution < -0.4 is 11.1 Å². The van der Waals surface area contributed by atoms with Crippen molar-refractivity contribution in [1.29, 1.82) is 0 Å². The molecule has 1 aliphatic heterocycles. The number of carbonyl (C=O) groups excluding carboxylic acids is 1. The molecule has 3 fully saturated rings. The van der Waals surface area contributed by atoms with E-state index in [9.17, 15) is 4.79 Å². The molecule has 5 atom stereocenters. The molecule has 5 heteroatoms. The second-order valence-corrected chi connectivity index (χ2v) is 10.2. The van der Waals surface area contributed by atoms with E-state index in [2.05, 4.69) is 45.0 Å². The number of urea groups is 1. The molecule has 2 amide bonds. The molecule has 5 nitrogen and oxygen atoms in total. The van der Waals surface area contributed by atoms with Crippen LogP contribution in [-0.4, -0.2) is 61.6 Å². The zero-order valence-corrected chi connectivity index (χ0v) is 17.6. The lowest BCUT2D eigenvalue weighted by atomic mass is 9.46. The number of hydrogen-bond donors (Lipinski definition) is 2. The third-order valence-corrected chi connectivity index (χ3v) is 8.24. The molecule has 0 aromatic rings. The van der Waals surface area contributed by atoms with Crippen molar-refractivity contribution in [1.82, 2.24) is 15.1 Å². The van der Waals surface area contributed by atoms with Gasteiger partial charge < -0.3 is 20.9 Å². The van der Waals surface area contributed by atoms with E-state index in [-0.39, 0.29) is 12.1 Å². The molecule has 2 saturated carbocycles. The van der Waals surface area contributed by atoms with Crippen molar-refractivity contribution in [2.24, 2.45) is 34.3 Å². The number of fused-ring (bicyclic) bond motifs is 1. The summed E-state index contributed by atoms with van der Waals surface area (Å²) in [5, 5.41) is 3.42. The van der Waals surface area contributed by atoms with Gasteiger partial charge in [0.05, 0.1) is 0 Å². The minimum Gasteiger partial charge on any atom is -0.335 e. The summed E-state index contributed by atoms with van der Waals surface area (Å²) in [7, 11) is 2.12. The van der Waals surface area contributed by atoms with Gasteiger partial charge in [-0.15, -0.1) is 0 Å². The zero-order chi connectivity index (χ0) is 19.1. The molecule has 0 aromatic heterocycles. The first-order valence-electron chi connectivity index (χ1n) is 10.6. The van der Waals surface area contributed by atoms with Gasteiger partial charge in [-0.05, 0) is 61.4 Å². The molecule has 1 heterocycles. The Hall–Kier alpha value is -0.810. The molecule has 3 aliphatic rings. The lowest BCUT2D eigenvalue weighted by Crippen LogP contribution is -2.62. The number of likely N-dealkylation sites (N-methyl/N-ethyl adjacent to an activating group) is 1. The summed E-state index contributed by atoms with van der Waals surface area (Å²) < 4.78 is 0. The Kier molecular flexibility index (Phi) is 5.60. The number of nitrogens with two attached hydrogens (primary N) is 1. The number of piperazine rings is 1. The molecule has 0 spiro atoms. The van der Waals surface area contributed by atoms with Gasteiger partial charge in [0.15, 0.2) is 0 Å². The van der Waals surface area contributed by atoms with Gasteiger partial charge in [0.1, 0.15) is 0 Å². The van der Waals surface area contributed by atoms with E-state index in [4.69, 9.17) is 5.73 Å². The van der Waals surface area contributed by atoms with E-state index in [1.807, 2.05) is 4.90 Å².